The van der Waals surface area contributed by atoms with Crippen LogP contribution in [-0.2, 0) is 14.4 Å². The predicted octanol–water partition coefficient (Wildman–Crippen LogP) is 3.44. The van der Waals surface area contributed by atoms with Gasteiger partial charge in [-0.2, -0.15) is 0 Å². The van der Waals surface area contributed by atoms with E-state index in [1.165, 1.54) is 13.3 Å². The highest BCUT2D eigenvalue weighted by Crippen LogP contribution is 2.65. The Hall–Kier alpha value is -2.76. The SMILES string of the molecule is CC(=O)c1ccc(NC(=O)C2CCC(N3C(=O)[C@@H]4[C@H]5C=C[C@H]([C@H]6C[C@H]56)[C@@H]4C3=O)CC2)cc1. The Balaban J connectivity index is 1.09. The van der Waals surface area contributed by atoms with E-state index in [1.54, 1.807) is 29.2 Å². The zero-order valence-electron chi connectivity index (χ0n) is 18.2. The van der Waals surface area contributed by atoms with E-state index in [0.717, 1.165) is 0 Å². The van der Waals surface area contributed by atoms with E-state index in [-0.39, 0.29) is 59.1 Å². The third-order valence-corrected chi connectivity index (χ3v) is 8.69. The van der Waals surface area contributed by atoms with E-state index in [4.69, 9.17) is 0 Å². The molecule has 4 fully saturated rings. The van der Waals surface area contributed by atoms with Crippen LogP contribution < -0.4 is 5.32 Å². The minimum absolute atomic E-state index is 0.00661. The van der Waals surface area contributed by atoms with Crippen molar-refractivity contribution in [3.8, 4) is 0 Å². The van der Waals surface area contributed by atoms with Crippen LogP contribution in [0.4, 0.5) is 5.69 Å². The molecule has 2 bridgehead atoms. The zero-order chi connectivity index (χ0) is 22.1. The highest BCUT2D eigenvalue weighted by molar-refractivity contribution is 6.06. The summed E-state index contributed by atoms with van der Waals surface area (Å²) >= 11 is 0. The maximum atomic E-state index is 13.3. The molecular formula is C26H28N2O4. The second-order valence-electron chi connectivity index (χ2n) is 10.3. The molecular weight excluding hydrogens is 404 g/mol. The molecule has 1 aromatic carbocycles. The minimum Gasteiger partial charge on any atom is -0.326 e. The molecule has 6 atom stereocenters. The van der Waals surface area contributed by atoms with Gasteiger partial charge in [-0.25, -0.2) is 0 Å². The second kappa shape index (κ2) is 7.12. The molecule has 7 rings (SSSR count). The lowest BCUT2D eigenvalue weighted by molar-refractivity contribution is -0.144. The van der Waals surface area contributed by atoms with Gasteiger partial charge in [0.25, 0.3) is 0 Å². The van der Waals surface area contributed by atoms with Crippen molar-refractivity contribution >= 4 is 29.2 Å². The van der Waals surface area contributed by atoms with Gasteiger partial charge in [-0.3, -0.25) is 24.1 Å². The molecule has 3 amide bonds. The van der Waals surface area contributed by atoms with Crippen molar-refractivity contribution in [3.05, 3.63) is 42.0 Å². The number of rotatable bonds is 4. The normalized spacial score (nSPS) is 39.0. The summed E-state index contributed by atoms with van der Waals surface area (Å²) in [6.07, 6.45) is 8.31. The highest BCUT2D eigenvalue weighted by atomic mass is 16.2. The Labute approximate surface area is 187 Å². The number of nitrogens with zero attached hydrogens (tertiary/aromatic N) is 1. The molecule has 166 valence electrons. The number of likely N-dealkylation sites (tertiary alicyclic amines) is 1. The maximum Gasteiger partial charge on any atom is 0.233 e. The van der Waals surface area contributed by atoms with Gasteiger partial charge in [0.15, 0.2) is 5.78 Å². The van der Waals surface area contributed by atoms with Crippen molar-refractivity contribution in [2.75, 3.05) is 5.32 Å². The average molecular weight is 433 g/mol. The summed E-state index contributed by atoms with van der Waals surface area (Å²) in [7, 11) is 0. The van der Waals surface area contributed by atoms with Crippen LogP contribution in [0.2, 0.25) is 0 Å². The van der Waals surface area contributed by atoms with Crippen molar-refractivity contribution in [3.63, 3.8) is 0 Å². The first-order valence-electron chi connectivity index (χ1n) is 11.9. The molecule has 6 nitrogen and oxygen atoms in total. The van der Waals surface area contributed by atoms with E-state index in [2.05, 4.69) is 17.5 Å². The van der Waals surface area contributed by atoms with Crippen molar-refractivity contribution in [1.29, 1.82) is 0 Å². The van der Waals surface area contributed by atoms with Crippen LogP contribution in [0.25, 0.3) is 0 Å². The lowest BCUT2D eigenvalue weighted by Crippen LogP contribution is -2.44. The third-order valence-electron chi connectivity index (χ3n) is 8.69. The molecule has 5 aliphatic carbocycles. The zero-order valence-corrected chi connectivity index (χ0v) is 18.2. The van der Waals surface area contributed by atoms with E-state index in [9.17, 15) is 19.2 Å². The van der Waals surface area contributed by atoms with Crippen LogP contribution in [0.1, 0.15) is 49.4 Å². The molecule has 0 spiro atoms. The summed E-state index contributed by atoms with van der Waals surface area (Å²) in [5, 5.41) is 2.94. The lowest BCUT2D eigenvalue weighted by Gasteiger charge is -2.37. The predicted molar refractivity (Wildman–Crippen MR) is 117 cm³/mol. The first-order chi connectivity index (χ1) is 15.4. The van der Waals surface area contributed by atoms with E-state index in [1.807, 2.05) is 0 Å². The second-order valence-corrected chi connectivity index (χ2v) is 10.3. The number of hydrogen-bond acceptors (Lipinski definition) is 4. The van der Waals surface area contributed by atoms with Crippen molar-refractivity contribution in [1.82, 2.24) is 4.90 Å². The summed E-state index contributed by atoms with van der Waals surface area (Å²) < 4.78 is 0. The third kappa shape index (κ3) is 2.91. The van der Waals surface area contributed by atoms with Gasteiger partial charge in [-0.15, -0.1) is 0 Å². The van der Waals surface area contributed by atoms with Crippen molar-refractivity contribution in [2.24, 2.45) is 41.4 Å². The molecule has 0 unspecified atom stereocenters. The van der Waals surface area contributed by atoms with Gasteiger partial charge in [-0.1, -0.05) is 12.2 Å². The van der Waals surface area contributed by atoms with E-state index >= 15 is 0 Å². The topological polar surface area (TPSA) is 83.6 Å². The minimum atomic E-state index is -0.139. The van der Waals surface area contributed by atoms with Gasteiger partial charge in [0, 0.05) is 23.2 Å². The number of carbonyl (C=O) groups excluding carboxylic acids is 4. The highest BCUT2D eigenvalue weighted by Gasteiger charge is 2.67. The molecule has 1 saturated heterocycles. The molecule has 1 N–H and O–H groups in total. The first kappa shape index (κ1) is 19.9. The molecule has 32 heavy (non-hydrogen) atoms. The Morgan fingerprint density at radius 1 is 0.875 bits per heavy atom. The van der Waals surface area contributed by atoms with E-state index in [0.29, 0.717) is 48.8 Å². The number of hydrogen-bond donors (Lipinski definition) is 1. The number of Topliss-reactive ketones (excluding diaryl/α,β-unsaturated/α-hetero) is 1. The Bertz CT molecular complexity index is 1000. The lowest BCUT2D eigenvalue weighted by atomic mass is 9.63. The fraction of sp³-hybridized carbons (Fsp3) is 0.538. The average Bonchev–Trinajstić information content (AvgIpc) is 3.58. The van der Waals surface area contributed by atoms with Crippen LogP contribution in [0.5, 0.6) is 0 Å². The van der Waals surface area contributed by atoms with Crippen LogP contribution in [0.3, 0.4) is 0 Å². The Kier molecular flexibility index (Phi) is 4.43. The molecule has 1 aliphatic heterocycles. The quantitative estimate of drug-likeness (QED) is 0.449. The monoisotopic (exact) mass is 432 g/mol. The van der Waals surface area contributed by atoms with Gasteiger partial charge in [0.1, 0.15) is 0 Å². The van der Waals surface area contributed by atoms with Gasteiger partial charge in [0.05, 0.1) is 11.8 Å². The number of carbonyl (C=O) groups is 4. The van der Waals surface area contributed by atoms with Crippen LogP contribution in [0, 0.1) is 41.4 Å². The van der Waals surface area contributed by atoms with Crippen LogP contribution >= 0.6 is 0 Å². The van der Waals surface area contributed by atoms with Gasteiger partial charge in [0.2, 0.25) is 17.7 Å². The summed E-state index contributed by atoms with van der Waals surface area (Å²) in [6.45, 7) is 1.51. The number of imide groups is 1. The molecule has 3 saturated carbocycles. The maximum absolute atomic E-state index is 13.3. The van der Waals surface area contributed by atoms with Crippen molar-refractivity contribution < 1.29 is 19.2 Å². The number of amides is 3. The molecule has 1 aromatic rings. The van der Waals surface area contributed by atoms with Gasteiger partial charge < -0.3 is 5.32 Å². The van der Waals surface area contributed by atoms with E-state index < -0.39 is 0 Å². The standard InChI is InChI=1S/C26H28N2O4/c1-13(29)14-2-6-16(7-3-14)27-24(30)15-4-8-17(9-5-15)28-25(31)22-18-10-11-19(21-12-20(18)21)23(22)26(28)32/h2-3,6-7,10-11,15,17-23H,4-5,8-9,12H2,1H3,(H,27,30)/t15?,17?,18-,19+,20-,21-,22+,23-/m1/s1. The Morgan fingerprint density at radius 3 is 1.97 bits per heavy atom. The number of anilines is 1. The number of allylic oxidation sites excluding steroid dienone is 2. The van der Waals surface area contributed by atoms with Crippen molar-refractivity contribution in [2.45, 2.75) is 45.1 Å². The largest absolute Gasteiger partial charge is 0.326 e. The van der Waals surface area contributed by atoms with Crippen LogP contribution in [0.15, 0.2) is 36.4 Å². The fourth-order valence-corrected chi connectivity index (χ4v) is 6.97. The van der Waals surface area contributed by atoms with Gasteiger partial charge >= 0.3 is 0 Å². The molecule has 1 heterocycles. The number of benzene rings is 1. The summed E-state index contributed by atoms with van der Waals surface area (Å²) in [5.74, 6) is 1.40. The summed E-state index contributed by atoms with van der Waals surface area (Å²) in [4.78, 5) is 52.4. The number of ketones is 1. The van der Waals surface area contributed by atoms with Gasteiger partial charge in [-0.05, 0) is 87.0 Å². The summed E-state index contributed by atoms with van der Waals surface area (Å²) in [5.41, 5.74) is 1.29. The molecule has 6 heteroatoms. The molecule has 0 radical (unpaired) electrons. The summed E-state index contributed by atoms with van der Waals surface area (Å²) in [6, 6.07) is 6.85. The fourth-order valence-electron chi connectivity index (χ4n) is 6.97. The molecule has 0 aromatic heterocycles. The first-order valence-corrected chi connectivity index (χ1v) is 11.9. The smallest absolute Gasteiger partial charge is 0.233 e. The number of nitrogens with one attached hydrogen (secondary N) is 1. The Morgan fingerprint density at radius 2 is 1.44 bits per heavy atom. The molecule has 6 aliphatic rings. The van der Waals surface area contributed by atoms with Crippen LogP contribution in [-0.4, -0.2) is 34.4 Å².